The van der Waals surface area contributed by atoms with Crippen LogP contribution >= 0.6 is 15.6 Å². The number of carbonyl (C=O) groups excluding carboxylic acids is 4. The van der Waals surface area contributed by atoms with Gasteiger partial charge in [-0.2, -0.15) is 0 Å². The molecule has 3 N–H and O–H groups in total. The highest BCUT2D eigenvalue weighted by Gasteiger charge is 2.30. The lowest BCUT2D eigenvalue weighted by atomic mass is 9.99. The van der Waals surface area contributed by atoms with E-state index in [4.69, 9.17) is 37.0 Å². The molecule has 0 heterocycles. The molecule has 0 aromatic rings. The van der Waals surface area contributed by atoms with E-state index in [1.165, 1.54) is 161 Å². The number of ether oxygens (including phenoxy) is 4. The number of hydrogen-bond donors (Lipinski definition) is 3. The van der Waals surface area contributed by atoms with Gasteiger partial charge in [-0.25, -0.2) is 9.13 Å². The van der Waals surface area contributed by atoms with E-state index >= 15 is 0 Å². The van der Waals surface area contributed by atoms with Crippen molar-refractivity contribution in [3.8, 4) is 0 Å². The van der Waals surface area contributed by atoms with Crippen LogP contribution in [-0.4, -0.2) is 96.7 Å². The summed E-state index contributed by atoms with van der Waals surface area (Å²) < 4.78 is 68.4. The highest BCUT2D eigenvalue weighted by Crippen LogP contribution is 2.45. The molecule has 0 amide bonds. The van der Waals surface area contributed by atoms with Gasteiger partial charge < -0.3 is 33.8 Å². The summed E-state index contributed by atoms with van der Waals surface area (Å²) >= 11 is 0. The van der Waals surface area contributed by atoms with Gasteiger partial charge in [0.25, 0.3) is 0 Å². The van der Waals surface area contributed by atoms with Crippen molar-refractivity contribution in [2.45, 2.75) is 382 Å². The van der Waals surface area contributed by atoms with Gasteiger partial charge in [0.05, 0.1) is 26.4 Å². The van der Waals surface area contributed by atoms with E-state index in [2.05, 4.69) is 55.4 Å². The summed E-state index contributed by atoms with van der Waals surface area (Å²) in [4.78, 5) is 72.7. The van der Waals surface area contributed by atoms with Crippen molar-refractivity contribution in [3.63, 3.8) is 0 Å². The number of esters is 4. The van der Waals surface area contributed by atoms with Crippen LogP contribution in [0.2, 0.25) is 0 Å². The summed E-state index contributed by atoms with van der Waals surface area (Å²) in [5, 5.41) is 10.6. The Morgan fingerprint density at radius 3 is 0.772 bits per heavy atom. The van der Waals surface area contributed by atoms with Crippen molar-refractivity contribution >= 4 is 39.5 Å². The molecule has 7 atom stereocenters. The monoisotopic (exact) mass is 1350 g/mol. The third-order valence-corrected chi connectivity index (χ3v) is 19.4. The molecule has 4 unspecified atom stereocenters. The molecule has 0 spiro atoms. The van der Waals surface area contributed by atoms with Crippen molar-refractivity contribution in [2.24, 2.45) is 23.7 Å². The van der Waals surface area contributed by atoms with Gasteiger partial charge in [-0.15, -0.1) is 0 Å². The van der Waals surface area contributed by atoms with Crippen LogP contribution in [0.4, 0.5) is 0 Å². The van der Waals surface area contributed by atoms with Gasteiger partial charge >= 0.3 is 39.5 Å². The molecule has 19 heteroatoms. The summed E-state index contributed by atoms with van der Waals surface area (Å²) in [6.45, 7) is 14.2. The SMILES string of the molecule is CCC(C)CCCCCCCCCCCCC(=O)OC[C@H](COP(=O)(O)OC[C@@H](O)COP(=O)(O)OC[C@@H](COC(=O)CCCCCCCCC(C)C)OC(=O)CCCCCCCCCCCCCCC(C)C)OC(=O)CCCCCCCCCCCCC(C)CC. The molecule has 0 aliphatic carbocycles. The largest absolute Gasteiger partial charge is 0.472 e. The third-order valence-electron chi connectivity index (χ3n) is 17.5. The number of phosphoric ester groups is 2. The smallest absolute Gasteiger partial charge is 0.462 e. The molecule has 0 aliphatic rings. The first-order valence-electron chi connectivity index (χ1n) is 37.8. The number of phosphoric acid groups is 2. The van der Waals surface area contributed by atoms with Crippen molar-refractivity contribution in [1.82, 2.24) is 0 Å². The zero-order valence-corrected chi connectivity index (χ0v) is 62.0. The molecule has 0 bridgehead atoms. The van der Waals surface area contributed by atoms with Crippen LogP contribution in [0.5, 0.6) is 0 Å². The molecule has 546 valence electrons. The molecule has 0 fully saturated rings. The van der Waals surface area contributed by atoms with Crippen LogP contribution in [0.15, 0.2) is 0 Å². The number of carbonyl (C=O) groups is 4. The van der Waals surface area contributed by atoms with Crippen molar-refractivity contribution in [2.75, 3.05) is 39.6 Å². The highest BCUT2D eigenvalue weighted by atomic mass is 31.2. The Kier molecular flexibility index (Phi) is 61.3. The molecular formula is C73H142O17P2. The first-order valence-corrected chi connectivity index (χ1v) is 40.8. The normalized spacial score (nSPS) is 14.8. The second-order valence-corrected chi connectivity index (χ2v) is 30.7. The predicted octanol–water partition coefficient (Wildman–Crippen LogP) is 20.9. The Morgan fingerprint density at radius 2 is 0.522 bits per heavy atom. The van der Waals surface area contributed by atoms with Crippen molar-refractivity contribution < 1.29 is 80.2 Å². The second kappa shape index (κ2) is 62.6. The molecular weight excluding hydrogens is 1210 g/mol. The number of hydrogen-bond acceptors (Lipinski definition) is 15. The Bertz CT molecular complexity index is 1820. The summed E-state index contributed by atoms with van der Waals surface area (Å²) in [7, 11) is -9.91. The molecule has 0 saturated heterocycles. The van der Waals surface area contributed by atoms with Crippen LogP contribution < -0.4 is 0 Å². The minimum absolute atomic E-state index is 0.105. The summed E-state index contributed by atoms with van der Waals surface area (Å²) in [6.07, 6.45) is 45.7. The van der Waals surface area contributed by atoms with E-state index < -0.39 is 97.5 Å². The molecule has 0 aromatic heterocycles. The highest BCUT2D eigenvalue weighted by molar-refractivity contribution is 7.47. The maximum Gasteiger partial charge on any atom is 0.472 e. The Morgan fingerprint density at radius 1 is 0.304 bits per heavy atom. The number of aliphatic hydroxyl groups is 1. The maximum atomic E-state index is 13.0. The predicted molar refractivity (Wildman–Crippen MR) is 372 cm³/mol. The van der Waals surface area contributed by atoms with Gasteiger partial charge in [-0.3, -0.25) is 37.3 Å². The molecule has 0 aromatic carbocycles. The van der Waals surface area contributed by atoms with E-state index in [-0.39, 0.29) is 25.7 Å². The second-order valence-electron chi connectivity index (χ2n) is 27.8. The van der Waals surface area contributed by atoms with Gasteiger partial charge in [0.2, 0.25) is 0 Å². The maximum absolute atomic E-state index is 13.0. The van der Waals surface area contributed by atoms with Crippen LogP contribution in [0, 0.1) is 23.7 Å². The summed E-state index contributed by atoms with van der Waals surface area (Å²) in [6, 6.07) is 0. The zero-order chi connectivity index (χ0) is 68.2. The van der Waals surface area contributed by atoms with Crippen LogP contribution in [0.1, 0.15) is 364 Å². The van der Waals surface area contributed by atoms with E-state index in [9.17, 15) is 43.2 Å². The average molecular weight is 1350 g/mol. The lowest BCUT2D eigenvalue weighted by Crippen LogP contribution is -2.30. The summed E-state index contributed by atoms with van der Waals surface area (Å²) in [5.74, 6) is 0.942. The van der Waals surface area contributed by atoms with Crippen LogP contribution in [-0.2, 0) is 65.4 Å². The minimum Gasteiger partial charge on any atom is -0.462 e. The van der Waals surface area contributed by atoms with E-state index in [0.717, 1.165) is 114 Å². The van der Waals surface area contributed by atoms with Crippen LogP contribution in [0.25, 0.3) is 0 Å². The molecule has 0 rings (SSSR count). The average Bonchev–Trinajstić information content (AvgIpc) is 2.33. The van der Waals surface area contributed by atoms with Gasteiger partial charge in [0, 0.05) is 25.7 Å². The van der Waals surface area contributed by atoms with Gasteiger partial charge in [0.1, 0.15) is 19.3 Å². The first kappa shape index (κ1) is 90.1. The minimum atomic E-state index is -4.96. The number of rotatable bonds is 70. The Labute approximate surface area is 562 Å². The molecule has 0 aliphatic heterocycles. The van der Waals surface area contributed by atoms with E-state index in [1.807, 2.05) is 0 Å². The molecule has 0 saturated carbocycles. The van der Waals surface area contributed by atoms with Crippen molar-refractivity contribution in [1.29, 1.82) is 0 Å². The lowest BCUT2D eigenvalue weighted by Gasteiger charge is -2.21. The molecule has 0 radical (unpaired) electrons. The first-order chi connectivity index (χ1) is 44.2. The lowest BCUT2D eigenvalue weighted by molar-refractivity contribution is -0.161. The van der Waals surface area contributed by atoms with Gasteiger partial charge in [-0.05, 0) is 49.4 Å². The Hall–Kier alpha value is -1.94. The fourth-order valence-corrected chi connectivity index (χ4v) is 12.5. The number of unbranched alkanes of at least 4 members (excludes halogenated alkanes) is 34. The Balaban J connectivity index is 5.26. The van der Waals surface area contributed by atoms with Gasteiger partial charge in [0.15, 0.2) is 12.2 Å². The standard InChI is InChI=1S/C73H142O17P2/c1-9-65(7)51-43-35-26-20-15-17-22-28-37-45-53-70(75)83-59-68(89-73(78)56-48-40-30-24-18-16-21-27-36-44-52-66(8)10-2)61-87-91(79,80)85-57-67(74)58-86-92(81,82)88-62-69(60-84-71(76)54-46-38-32-31-34-42-50-64(5)6)90-72(77)55-47-39-29-23-14-12-11-13-19-25-33-41-49-63(3)4/h63-69,74H,9-62H2,1-8H3,(H,79,80)(H,81,82)/t65?,66?,67-,68-,69-/m1/s1. The fraction of sp³-hybridized carbons (Fsp3) is 0.945. The molecule has 17 nitrogen and oxygen atoms in total. The molecule has 92 heavy (non-hydrogen) atoms. The summed E-state index contributed by atoms with van der Waals surface area (Å²) in [5.41, 5.74) is 0. The third kappa shape index (κ3) is 64.1. The van der Waals surface area contributed by atoms with E-state index in [1.54, 1.807) is 0 Å². The van der Waals surface area contributed by atoms with Crippen LogP contribution in [0.3, 0.4) is 0 Å². The van der Waals surface area contributed by atoms with Crippen molar-refractivity contribution in [3.05, 3.63) is 0 Å². The quantitative estimate of drug-likeness (QED) is 0.0222. The van der Waals surface area contributed by atoms with Gasteiger partial charge in [-0.1, -0.05) is 312 Å². The zero-order valence-electron chi connectivity index (χ0n) is 60.2. The van der Waals surface area contributed by atoms with E-state index in [0.29, 0.717) is 31.6 Å². The fourth-order valence-electron chi connectivity index (χ4n) is 11.0. The topological polar surface area (TPSA) is 237 Å². The number of aliphatic hydroxyl groups excluding tert-OH is 1.